The van der Waals surface area contributed by atoms with Gasteiger partial charge in [0.2, 0.25) is 0 Å². The summed E-state index contributed by atoms with van der Waals surface area (Å²) in [5.74, 6) is -0.448. The van der Waals surface area contributed by atoms with E-state index in [0.717, 1.165) is 67.2 Å². The molecule has 6 heterocycles. The number of carbonyl (C=O) groups is 2. The molecule has 3 aliphatic rings. The van der Waals surface area contributed by atoms with Gasteiger partial charge in [-0.2, -0.15) is 8.61 Å². The number of amides is 2. The van der Waals surface area contributed by atoms with E-state index in [4.69, 9.17) is 23.2 Å². The van der Waals surface area contributed by atoms with Crippen LogP contribution in [0, 0.1) is 0 Å². The third kappa shape index (κ3) is 15.1. The Labute approximate surface area is 418 Å². The molecule has 0 aliphatic carbocycles. The van der Waals surface area contributed by atoms with Crippen molar-refractivity contribution >= 4 is 77.7 Å². The molecular formula is C48H60Cl2N8O6S4. The number of aromatic nitrogens is 1. The molecule has 5 aromatic rings. The molecule has 3 aromatic heterocycles. The minimum atomic E-state index is -3.54. The van der Waals surface area contributed by atoms with Gasteiger partial charge >= 0.3 is 0 Å². The van der Waals surface area contributed by atoms with Crippen LogP contribution in [0.1, 0.15) is 81.1 Å². The van der Waals surface area contributed by atoms with Crippen molar-refractivity contribution in [2.45, 2.75) is 85.0 Å². The van der Waals surface area contributed by atoms with Crippen LogP contribution in [0.15, 0.2) is 106 Å². The standard InChI is InChI=1S/C24H27ClN4O3S2.C24H33ClN4O3S2/c25-19-6-4-18(5-7-19)24(30)28-17-22-8-9-23(33-22)34(31,32)29-15-11-21(12-16-29)27-14-10-20-3-1-2-13-26-20;25-20-6-4-19(5-7-20)24(30)27-18-22-8-9-23(33-22)34(31,32)29-15-10-21(11-16-29)26-12-17-28-13-2-1-3-14-28/h1-9,13,21,27H,10-12,14-17H2,(H,28,30);4-9,21,26H,1-3,10-18H2,(H,27,30). The molecule has 0 unspecified atom stereocenters. The van der Waals surface area contributed by atoms with Crippen molar-refractivity contribution in [1.82, 2.24) is 39.8 Å². The lowest BCUT2D eigenvalue weighted by Gasteiger charge is -2.32. The molecule has 3 aliphatic heterocycles. The van der Waals surface area contributed by atoms with Crippen molar-refractivity contribution in [3.63, 3.8) is 0 Å². The third-order valence-corrected chi connectivity index (χ3v) is 19.7. The van der Waals surface area contributed by atoms with Crippen LogP contribution in [0.2, 0.25) is 10.0 Å². The number of thiophene rings is 2. The van der Waals surface area contributed by atoms with Crippen LogP contribution in [0.25, 0.3) is 0 Å². The SMILES string of the molecule is O=C(NCc1ccc(S(=O)(=O)N2CCC(NCCN3CCCCC3)CC2)s1)c1ccc(Cl)cc1.O=C(NCc1ccc(S(=O)(=O)N2CCC(NCCc3ccccn3)CC2)s1)c1ccc(Cl)cc1. The molecule has 0 spiro atoms. The zero-order chi connectivity index (χ0) is 47.9. The zero-order valence-electron chi connectivity index (χ0n) is 38.0. The lowest BCUT2D eigenvalue weighted by molar-refractivity contribution is 0.0943. The van der Waals surface area contributed by atoms with Gasteiger partial charge in [0.1, 0.15) is 8.42 Å². The van der Waals surface area contributed by atoms with E-state index in [9.17, 15) is 26.4 Å². The molecule has 366 valence electrons. The average molecular weight is 1040 g/mol. The molecule has 3 fully saturated rings. The van der Waals surface area contributed by atoms with Gasteiger partial charge in [0.15, 0.2) is 0 Å². The summed E-state index contributed by atoms with van der Waals surface area (Å²) in [6.45, 7) is 7.86. The second-order valence-corrected chi connectivity index (χ2v) is 24.6. The Kier molecular flexibility index (Phi) is 19.4. The predicted octanol–water partition coefficient (Wildman–Crippen LogP) is 7.27. The number of hydrogen-bond acceptors (Lipinski definition) is 12. The maximum atomic E-state index is 13.1. The van der Waals surface area contributed by atoms with E-state index in [0.29, 0.717) is 67.9 Å². The van der Waals surface area contributed by atoms with Crippen molar-refractivity contribution < 1.29 is 26.4 Å². The first-order valence-corrected chi connectivity index (χ1v) is 28.4. The summed E-state index contributed by atoms with van der Waals surface area (Å²) in [4.78, 5) is 33.0. The molecule has 14 nitrogen and oxygen atoms in total. The maximum Gasteiger partial charge on any atom is 0.252 e. The lowest BCUT2D eigenvalue weighted by Crippen LogP contribution is -2.46. The Morgan fingerprint density at radius 2 is 1.06 bits per heavy atom. The van der Waals surface area contributed by atoms with Crippen LogP contribution >= 0.6 is 45.9 Å². The number of nitrogens with zero attached hydrogens (tertiary/aromatic N) is 4. The summed E-state index contributed by atoms with van der Waals surface area (Å²) in [6, 6.07) is 26.6. The molecule has 0 bridgehead atoms. The summed E-state index contributed by atoms with van der Waals surface area (Å²) in [6.07, 6.45) is 9.80. The molecule has 20 heteroatoms. The van der Waals surface area contributed by atoms with Crippen LogP contribution < -0.4 is 21.3 Å². The topological polar surface area (TPSA) is 173 Å². The molecule has 2 aromatic carbocycles. The van der Waals surface area contributed by atoms with Crippen LogP contribution in [0.3, 0.4) is 0 Å². The number of halogens is 2. The first kappa shape index (κ1) is 52.0. The Bertz CT molecular complexity index is 2600. The van der Waals surface area contributed by atoms with Gasteiger partial charge in [0.25, 0.3) is 31.9 Å². The van der Waals surface area contributed by atoms with Gasteiger partial charge < -0.3 is 26.2 Å². The minimum absolute atomic E-state index is 0.218. The number of rotatable bonds is 18. The number of benzene rings is 2. The van der Waals surface area contributed by atoms with Crippen molar-refractivity contribution in [1.29, 1.82) is 0 Å². The Balaban J connectivity index is 0.000000201. The minimum Gasteiger partial charge on any atom is -0.347 e. The first-order chi connectivity index (χ1) is 32.8. The molecule has 4 N–H and O–H groups in total. The number of hydrogen-bond donors (Lipinski definition) is 4. The summed E-state index contributed by atoms with van der Waals surface area (Å²) < 4.78 is 56.3. The lowest BCUT2D eigenvalue weighted by atomic mass is 10.1. The van der Waals surface area contributed by atoms with Crippen molar-refractivity contribution in [3.05, 3.63) is 134 Å². The van der Waals surface area contributed by atoms with Crippen molar-refractivity contribution in [2.24, 2.45) is 0 Å². The third-order valence-electron chi connectivity index (χ3n) is 12.3. The summed E-state index contributed by atoms with van der Waals surface area (Å²) in [5.41, 5.74) is 2.07. The van der Waals surface area contributed by atoms with Crippen molar-refractivity contribution in [2.75, 3.05) is 58.9 Å². The van der Waals surface area contributed by atoms with Gasteiger partial charge in [-0.15, -0.1) is 22.7 Å². The van der Waals surface area contributed by atoms with E-state index in [1.54, 1.807) is 87.6 Å². The Morgan fingerprint density at radius 1 is 0.588 bits per heavy atom. The quantitative estimate of drug-likeness (QED) is 0.0700. The molecule has 3 saturated heterocycles. The fourth-order valence-electron chi connectivity index (χ4n) is 8.34. The molecule has 68 heavy (non-hydrogen) atoms. The normalized spacial score (nSPS) is 17.0. The Morgan fingerprint density at radius 3 is 1.51 bits per heavy atom. The smallest absolute Gasteiger partial charge is 0.252 e. The molecule has 0 saturated carbocycles. The Hall–Kier alpha value is -3.79. The highest BCUT2D eigenvalue weighted by Crippen LogP contribution is 2.29. The van der Waals surface area contributed by atoms with E-state index >= 15 is 0 Å². The van der Waals surface area contributed by atoms with Gasteiger partial charge in [-0.3, -0.25) is 14.6 Å². The first-order valence-electron chi connectivity index (χ1n) is 23.2. The van der Waals surface area contributed by atoms with E-state index in [2.05, 4.69) is 31.2 Å². The number of piperidine rings is 3. The number of carbonyl (C=O) groups excluding carboxylic acids is 2. The molecule has 0 radical (unpaired) electrons. The number of sulfonamides is 2. The highest BCUT2D eigenvalue weighted by molar-refractivity contribution is 7.91. The highest BCUT2D eigenvalue weighted by atomic mass is 35.5. The second kappa shape index (κ2) is 25.4. The van der Waals surface area contributed by atoms with Crippen LogP contribution in [-0.2, 0) is 39.6 Å². The zero-order valence-corrected chi connectivity index (χ0v) is 42.7. The second-order valence-electron chi connectivity index (χ2n) is 17.1. The van der Waals surface area contributed by atoms with E-state index in [-0.39, 0.29) is 24.9 Å². The fourth-order valence-corrected chi connectivity index (χ4v) is 14.4. The monoisotopic (exact) mass is 1040 g/mol. The number of likely N-dealkylation sites (tertiary alicyclic amines) is 1. The van der Waals surface area contributed by atoms with E-state index in [1.165, 1.54) is 55.0 Å². The van der Waals surface area contributed by atoms with E-state index < -0.39 is 20.0 Å². The number of pyridine rings is 1. The molecule has 0 atom stereocenters. The van der Waals surface area contributed by atoms with Crippen LogP contribution in [-0.4, -0.2) is 118 Å². The van der Waals surface area contributed by atoms with E-state index in [1.807, 2.05) is 18.2 Å². The van der Waals surface area contributed by atoms with Gasteiger partial charge in [0, 0.05) is 107 Å². The fraction of sp³-hybridized carbons (Fsp3) is 0.438. The highest BCUT2D eigenvalue weighted by Gasteiger charge is 2.32. The van der Waals surface area contributed by atoms with Crippen LogP contribution in [0.4, 0.5) is 0 Å². The van der Waals surface area contributed by atoms with Gasteiger partial charge in [-0.1, -0.05) is 35.7 Å². The summed E-state index contributed by atoms with van der Waals surface area (Å²) >= 11 is 14.1. The van der Waals surface area contributed by atoms with Gasteiger partial charge in [-0.25, -0.2) is 16.8 Å². The van der Waals surface area contributed by atoms with Crippen LogP contribution in [0.5, 0.6) is 0 Å². The largest absolute Gasteiger partial charge is 0.347 e. The summed E-state index contributed by atoms with van der Waals surface area (Å²) in [5, 5.41) is 13.9. The number of nitrogens with one attached hydrogen (secondary N) is 4. The maximum absolute atomic E-state index is 13.1. The molecule has 8 rings (SSSR count). The van der Waals surface area contributed by atoms with Crippen molar-refractivity contribution in [3.8, 4) is 0 Å². The van der Waals surface area contributed by atoms with Gasteiger partial charge in [0.05, 0.1) is 13.1 Å². The summed E-state index contributed by atoms with van der Waals surface area (Å²) in [7, 11) is -7.05. The molecule has 2 amide bonds. The molecular weight excluding hydrogens is 984 g/mol. The average Bonchev–Trinajstić information content (AvgIpc) is 4.06. The van der Waals surface area contributed by atoms with Gasteiger partial charge in [-0.05, 0) is 137 Å². The predicted molar refractivity (Wildman–Crippen MR) is 272 cm³/mol.